The molecule has 0 saturated carbocycles. The van der Waals surface area contributed by atoms with Crippen molar-refractivity contribution in [1.29, 1.82) is 0 Å². The molecule has 0 aliphatic heterocycles. The second kappa shape index (κ2) is 6.22. The Kier molecular flexibility index (Phi) is 3.96. The molecule has 0 fully saturated rings. The van der Waals surface area contributed by atoms with Crippen LogP contribution in [0.15, 0.2) is 36.8 Å². The van der Waals surface area contributed by atoms with Gasteiger partial charge in [-0.25, -0.2) is 15.0 Å². The molecule has 116 valence electrons. The number of amides is 1. The summed E-state index contributed by atoms with van der Waals surface area (Å²) < 4.78 is 0. The Bertz CT molecular complexity index is 851. The Morgan fingerprint density at radius 3 is 2.87 bits per heavy atom. The van der Waals surface area contributed by atoms with Crippen molar-refractivity contribution in [2.24, 2.45) is 0 Å². The number of anilines is 2. The van der Waals surface area contributed by atoms with Crippen LogP contribution in [0.2, 0.25) is 0 Å². The lowest BCUT2D eigenvalue weighted by atomic mass is 10.1. The van der Waals surface area contributed by atoms with Gasteiger partial charge in [0.2, 0.25) is 5.95 Å². The maximum atomic E-state index is 12.0. The third-order valence-electron chi connectivity index (χ3n) is 3.28. The highest BCUT2D eigenvalue weighted by Crippen LogP contribution is 2.21. The summed E-state index contributed by atoms with van der Waals surface area (Å²) in [4.78, 5) is 28.1. The summed E-state index contributed by atoms with van der Waals surface area (Å²) in [7, 11) is 1.73. The van der Waals surface area contributed by atoms with E-state index in [0.29, 0.717) is 24.0 Å². The molecule has 23 heavy (non-hydrogen) atoms. The molecular formula is C15H15N7O. The molecule has 2 aromatic heterocycles. The number of rotatable bonds is 4. The summed E-state index contributed by atoms with van der Waals surface area (Å²) in [5.74, 6) is 0.602. The van der Waals surface area contributed by atoms with Crippen molar-refractivity contribution in [3.05, 3.63) is 48.0 Å². The van der Waals surface area contributed by atoms with Crippen LogP contribution in [-0.2, 0) is 6.54 Å². The van der Waals surface area contributed by atoms with E-state index in [9.17, 15) is 4.79 Å². The Hall–Kier alpha value is -3.29. The first kappa shape index (κ1) is 14.6. The summed E-state index contributed by atoms with van der Waals surface area (Å²) in [6.45, 7) is 0.353. The predicted octanol–water partition coefficient (Wildman–Crippen LogP) is 0.974. The van der Waals surface area contributed by atoms with Crippen LogP contribution >= 0.6 is 0 Å². The fraction of sp³-hybridized carbons (Fsp3) is 0.133. The van der Waals surface area contributed by atoms with Gasteiger partial charge >= 0.3 is 0 Å². The van der Waals surface area contributed by atoms with Crippen molar-refractivity contribution < 1.29 is 4.79 Å². The van der Waals surface area contributed by atoms with Crippen molar-refractivity contribution in [2.45, 2.75) is 6.54 Å². The van der Waals surface area contributed by atoms with Crippen molar-refractivity contribution in [3.8, 4) is 0 Å². The lowest BCUT2D eigenvalue weighted by Gasteiger charge is -2.08. The molecule has 4 N–H and O–H groups in total. The smallest absolute Gasteiger partial charge is 0.270 e. The molecular weight excluding hydrogens is 294 g/mol. The van der Waals surface area contributed by atoms with Crippen molar-refractivity contribution in [1.82, 2.24) is 25.3 Å². The molecule has 0 atom stereocenters. The Morgan fingerprint density at radius 2 is 2.13 bits per heavy atom. The minimum absolute atomic E-state index is 0.262. The van der Waals surface area contributed by atoms with E-state index in [0.717, 1.165) is 16.5 Å². The molecule has 2 heterocycles. The third-order valence-corrected chi connectivity index (χ3v) is 3.28. The van der Waals surface area contributed by atoms with Crippen LogP contribution in [0.3, 0.4) is 0 Å². The van der Waals surface area contributed by atoms with Gasteiger partial charge in [-0.05, 0) is 23.8 Å². The molecule has 0 saturated heterocycles. The molecule has 1 aromatic carbocycles. The van der Waals surface area contributed by atoms with E-state index in [-0.39, 0.29) is 5.91 Å². The summed E-state index contributed by atoms with van der Waals surface area (Å²) in [6, 6.07) is 7.15. The summed E-state index contributed by atoms with van der Waals surface area (Å²) in [6.07, 6.45) is 2.86. The van der Waals surface area contributed by atoms with Crippen LogP contribution in [0.5, 0.6) is 0 Å². The fourth-order valence-corrected chi connectivity index (χ4v) is 2.12. The van der Waals surface area contributed by atoms with Gasteiger partial charge in [0.1, 0.15) is 17.8 Å². The second-order valence-corrected chi connectivity index (χ2v) is 4.81. The largest absolute Gasteiger partial charge is 0.383 e. The molecule has 1 amide bonds. The molecule has 0 aliphatic carbocycles. The van der Waals surface area contributed by atoms with Crippen LogP contribution < -0.4 is 16.4 Å². The highest BCUT2D eigenvalue weighted by Gasteiger charge is 2.08. The zero-order chi connectivity index (χ0) is 16.2. The number of fused-ring (bicyclic) bond motifs is 1. The molecule has 3 rings (SSSR count). The predicted molar refractivity (Wildman–Crippen MR) is 86.7 cm³/mol. The number of hydrogen-bond donors (Lipinski definition) is 3. The number of aromatic nitrogens is 4. The maximum absolute atomic E-state index is 12.0. The normalized spacial score (nSPS) is 10.5. The summed E-state index contributed by atoms with van der Waals surface area (Å²) in [5.41, 5.74) is 7.91. The number of nitrogens with one attached hydrogen (secondary N) is 2. The minimum Gasteiger partial charge on any atom is -0.383 e. The molecule has 0 bridgehead atoms. The quantitative estimate of drug-likeness (QED) is 0.657. The van der Waals surface area contributed by atoms with Gasteiger partial charge in [0.15, 0.2) is 0 Å². The first-order valence-electron chi connectivity index (χ1n) is 6.95. The van der Waals surface area contributed by atoms with Crippen LogP contribution in [0.1, 0.15) is 16.1 Å². The van der Waals surface area contributed by atoms with E-state index >= 15 is 0 Å². The van der Waals surface area contributed by atoms with Gasteiger partial charge in [0.05, 0.1) is 5.52 Å². The number of hydrogen-bond acceptors (Lipinski definition) is 7. The zero-order valence-electron chi connectivity index (χ0n) is 12.4. The average Bonchev–Trinajstić information content (AvgIpc) is 2.60. The Labute approximate surface area is 132 Å². The summed E-state index contributed by atoms with van der Waals surface area (Å²) >= 11 is 0. The standard InChI is InChI=1S/C15H15N7O/c1-17-15-21-11-3-2-9(6-10(11)13(16)22-15)7-19-14(23)12-4-5-18-8-20-12/h2-6,8H,7H2,1H3,(H,19,23)(H3,16,17,21,22). The fourth-order valence-electron chi connectivity index (χ4n) is 2.12. The van der Waals surface area contributed by atoms with Crippen molar-refractivity contribution in [2.75, 3.05) is 18.1 Å². The summed E-state index contributed by atoms with van der Waals surface area (Å²) in [5, 5.41) is 6.41. The number of carbonyl (C=O) groups is 1. The Balaban J connectivity index is 1.79. The molecule has 0 aliphatic rings. The average molecular weight is 309 g/mol. The van der Waals surface area contributed by atoms with Gasteiger partial charge in [-0.3, -0.25) is 4.79 Å². The highest BCUT2D eigenvalue weighted by molar-refractivity contribution is 5.92. The topological polar surface area (TPSA) is 119 Å². The molecule has 8 heteroatoms. The number of carbonyl (C=O) groups excluding carboxylic acids is 1. The van der Waals surface area contributed by atoms with Crippen LogP contribution in [0, 0.1) is 0 Å². The molecule has 0 spiro atoms. The van der Waals surface area contributed by atoms with Gasteiger partial charge in [-0.1, -0.05) is 6.07 Å². The van der Waals surface area contributed by atoms with Gasteiger partial charge in [-0.15, -0.1) is 0 Å². The lowest BCUT2D eigenvalue weighted by molar-refractivity contribution is 0.0945. The number of nitrogens with two attached hydrogens (primary N) is 1. The molecule has 0 unspecified atom stereocenters. The van der Waals surface area contributed by atoms with Crippen LogP contribution in [0.25, 0.3) is 10.9 Å². The van der Waals surface area contributed by atoms with Gasteiger partial charge in [0.25, 0.3) is 5.91 Å². The van der Waals surface area contributed by atoms with E-state index < -0.39 is 0 Å². The minimum atomic E-state index is -0.262. The van der Waals surface area contributed by atoms with Crippen LogP contribution in [0.4, 0.5) is 11.8 Å². The van der Waals surface area contributed by atoms with E-state index in [2.05, 4.69) is 30.6 Å². The maximum Gasteiger partial charge on any atom is 0.270 e. The first-order chi connectivity index (χ1) is 11.2. The van der Waals surface area contributed by atoms with E-state index in [1.54, 1.807) is 13.1 Å². The first-order valence-corrected chi connectivity index (χ1v) is 6.95. The number of benzene rings is 1. The second-order valence-electron chi connectivity index (χ2n) is 4.81. The number of nitrogen functional groups attached to an aromatic ring is 1. The number of nitrogens with zero attached hydrogens (tertiary/aromatic N) is 4. The van der Waals surface area contributed by atoms with E-state index in [1.165, 1.54) is 12.5 Å². The van der Waals surface area contributed by atoms with Crippen molar-refractivity contribution >= 4 is 28.6 Å². The van der Waals surface area contributed by atoms with E-state index in [4.69, 9.17) is 5.73 Å². The zero-order valence-corrected chi connectivity index (χ0v) is 12.4. The third kappa shape index (κ3) is 3.15. The van der Waals surface area contributed by atoms with Gasteiger partial charge in [-0.2, -0.15) is 4.98 Å². The monoisotopic (exact) mass is 309 g/mol. The Morgan fingerprint density at radius 1 is 1.26 bits per heavy atom. The van der Waals surface area contributed by atoms with Crippen molar-refractivity contribution in [3.63, 3.8) is 0 Å². The molecule has 8 nitrogen and oxygen atoms in total. The van der Waals surface area contributed by atoms with Crippen LogP contribution in [-0.4, -0.2) is 32.9 Å². The molecule has 0 radical (unpaired) electrons. The van der Waals surface area contributed by atoms with Gasteiger partial charge < -0.3 is 16.4 Å². The lowest BCUT2D eigenvalue weighted by Crippen LogP contribution is -2.23. The van der Waals surface area contributed by atoms with E-state index in [1.807, 2.05) is 18.2 Å². The highest BCUT2D eigenvalue weighted by atomic mass is 16.1. The van der Waals surface area contributed by atoms with Gasteiger partial charge in [0, 0.05) is 25.2 Å². The molecule has 3 aromatic rings. The SMILES string of the molecule is CNc1nc(N)c2cc(CNC(=O)c3ccncn3)ccc2n1.